The van der Waals surface area contributed by atoms with Crippen molar-refractivity contribution in [3.05, 3.63) is 24.3 Å². The van der Waals surface area contributed by atoms with E-state index in [0.29, 0.717) is 0 Å². The molecule has 0 aromatic heterocycles. The molecule has 0 spiro atoms. The van der Waals surface area contributed by atoms with Crippen LogP contribution in [0.25, 0.3) is 0 Å². The van der Waals surface area contributed by atoms with Crippen LogP contribution in [0.1, 0.15) is 20.3 Å². The summed E-state index contributed by atoms with van der Waals surface area (Å²) in [6.45, 7) is 4.25. The van der Waals surface area contributed by atoms with Gasteiger partial charge < -0.3 is 0 Å². The van der Waals surface area contributed by atoms with Gasteiger partial charge in [0.25, 0.3) is 0 Å². The predicted molar refractivity (Wildman–Crippen MR) is 48.6 cm³/mol. The molecule has 1 aromatic carbocycles. The third kappa shape index (κ3) is 4.42. The molecule has 12 heavy (non-hydrogen) atoms. The molecule has 0 aliphatic rings. The standard InChI is InChI=1S/C7H7O.C3H8.Fe/c1-8-7-5-3-2-4-6-7;1-3-2;/h2-5H,1H3;3H2,1-2H3;. The van der Waals surface area contributed by atoms with Gasteiger partial charge in [-0.15, -0.1) is 0 Å². The number of hydrogen-bond acceptors (Lipinski definition) is 1. The Morgan fingerprint density at radius 1 is 1.25 bits per heavy atom. The molecule has 0 N–H and O–H groups in total. The van der Waals surface area contributed by atoms with E-state index in [9.17, 15) is 0 Å². The number of ether oxygens (including phenoxy) is 1. The van der Waals surface area contributed by atoms with Crippen LogP contribution in [0.5, 0.6) is 5.75 Å². The molecule has 69 valence electrons. The number of benzene rings is 1. The molecule has 0 aliphatic heterocycles. The van der Waals surface area contributed by atoms with Gasteiger partial charge in [0.2, 0.25) is 0 Å². The van der Waals surface area contributed by atoms with Crippen molar-refractivity contribution >= 4 is 4.46 Å². The predicted octanol–water partition coefficient (Wildman–Crippen LogP) is 2.28. The van der Waals surface area contributed by atoms with Gasteiger partial charge in [-0.2, -0.15) is 0 Å². The molecular weight excluding hydrogens is 192 g/mol. The fraction of sp³-hybridized carbons (Fsp3) is 0.400. The number of methoxy groups -OCH3 is 1. The van der Waals surface area contributed by atoms with Crippen molar-refractivity contribution in [1.82, 2.24) is 0 Å². The Morgan fingerprint density at radius 2 is 1.75 bits per heavy atom. The number of rotatable bonds is 1. The van der Waals surface area contributed by atoms with Gasteiger partial charge in [-0.05, 0) is 0 Å². The summed E-state index contributed by atoms with van der Waals surface area (Å²) < 4.78 is 5.91. The number of para-hydroxylation sites is 1. The second-order valence-electron chi connectivity index (χ2n) is 2.33. The van der Waals surface area contributed by atoms with E-state index in [1.54, 1.807) is 7.11 Å². The van der Waals surface area contributed by atoms with E-state index >= 15 is 0 Å². The average Bonchev–Trinajstić information content (AvgIpc) is 2.07. The van der Waals surface area contributed by atoms with E-state index in [1.165, 1.54) is 6.42 Å². The van der Waals surface area contributed by atoms with Crippen LogP contribution in [-0.2, 0) is 16.0 Å². The van der Waals surface area contributed by atoms with Crippen molar-refractivity contribution < 1.29 is 20.7 Å². The Bertz CT molecular complexity index is 211. The first-order chi connectivity index (χ1) is 5.76. The van der Waals surface area contributed by atoms with E-state index in [1.807, 2.05) is 24.3 Å². The summed E-state index contributed by atoms with van der Waals surface area (Å²) >= 11 is 3.77. The maximum absolute atomic E-state index is 4.98. The van der Waals surface area contributed by atoms with Crippen molar-refractivity contribution in [2.75, 3.05) is 7.11 Å². The molecule has 0 saturated carbocycles. The first-order valence-corrected chi connectivity index (χ1v) is 4.58. The van der Waals surface area contributed by atoms with Crippen LogP contribution in [0.4, 0.5) is 0 Å². The molecule has 0 amide bonds. The molecule has 0 atom stereocenters. The minimum atomic E-state index is 0.845. The molecule has 1 aromatic rings. The van der Waals surface area contributed by atoms with Crippen LogP contribution in [0.2, 0.25) is 0 Å². The zero-order chi connectivity index (χ0) is 9.40. The second-order valence-corrected chi connectivity index (χ2v) is 2.92. The van der Waals surface area contributed by atoms with E-state index in [0.717, 1.165) is 10.2 Å². The fourth-order valence-corrected chi connectivity index (χ4v) is 0.914. The molecular formula is C10H15FeO. The van der Waals surface area contributed by atoms with Gasteiger partial charge in [-0.25, -0.2) is 0 Å². The van der Waals surface area contributed by atoms with Gasteiger partial charge in [0, 0.05) is 0 Å². The first-order valence-electron chi connectivity index (χ1n) is 4.03. The van der Waals surface area contributed by atoms with Gasteiger partial charge in [-0.1, -0.05) is 20.3 Å². The summed E-state index contributed by atoms with van der Waals surface area (Å²) in [6.07, 6.45) is 1.25. The van der Waals surface area contributed by atoms with Crippen molar-refractivity contribution in [3.8, 4) is 5.75 Å². The Morgan fingerprint density at radius 3 is 2.08 bits per heavy atom. The van der Waals surface area contributed by atoms with Gasteiger partial charge in [0.15, 0.2) is 0 Å². The van der Waals surface area contributed by atoms with Crippen molar-refractivity contribution in [1.29, 1.82) is 0 Å². The topological polar surface area (TPSA) is 9.23 Å². The molecule has 1 nitrogen and oxygen atoms in total. The molecule has 0 saturated heterocycles. The van der Waals surface area contributed by atoms with Gasteiger partial charge in [0.1, 0.15) is 0 Å². The van der Waals surface area contributed by atoms with Crippen LogP contribution in [-0.4, -0.2) is 7.11 Å². The van der Waals surface area contributed by atoms with Gasteiger partial charge in [-0.3, -0.25) is 0 Å². The molecule has 0 radical (unpaired) electrons. The Labute approximate surface area is 82.9 Å². The molecule has 2 heteroatoms. The fourth-order valence-electron chi connectivity index (χ4n) is 0.603. The van der Waals surface area contributed by atoms with Gasteiger partial charge in [0.05, 0.1) is 0 Å². The monoisotopic (exact) mass is 207 g/mol. The van der Waals surface area contributed by atoms with E-state index in [2.05, 4.69) is 29.9 Å². The summed E-state index contributed by atoms with van der Waals surface area (Å²) in [4.78, 5) is 0. The quantitative estimate of drug-likeness (QED) is 0.642. The zero-order valence-electron chi connectivity index (χ0n) is 7.78. The maximum atomic E-state index is 4.98. The van der Waals surface area contributed by atoms with Gasteiger partial charge >= 0.3 is 62.3 Å². The molecule has 0 unspecified atom stereocenters. The summed E-state index contributed by atoms with van der Waals surface area (Å²) in [5, 5.41) is 0. The summed E-state index contributed by atoms with van der Waals surface area (Å²) in [5.74, 6) is 0.845. The molecule has 0 aliphatic carbocycles. The Balaban J connectivity index is 0.000000354. The molecule has 0 bridgehead atoms. The minimum absolute atomic E-state index is 0.845. The third-order valence-electron chi connectivity index (χ3n) is 1.05. The van der Waals surface area contributed by atoms with E-state index in [4.69, 9.17) is 4.74 Å². The number of hydrogen-bond donors (Lipinski definition) is 0. The second kappa shape index (κ2) is 7.20. The van der Waals surface area contributed by atoms with Crippen molar-refractivity contribution in [2.24, 2.45) is 0 Å². The van der Waals surface area contributed by atoms with Crippen molar-refractivity contribution in [3.63, 3.8) is 0 Å². The van der Waals surface area contributed by atoms with E-state index in [-0.39, 0.29) is 0 Å². The third-order valence-corrected chi connectivity index (χ3v) is 1.50. The zero-order valence-corrected chi connectivity index (χ0v) is 8.88. The van der Waals surface area contributed by atoms with Crippen LogP contribution in [0.3, 0.4) is 0 Å². The normalized spacial score (nSPS) is 8.33. The van der Waals surface area contributed by atoms with Crippen LogP contribution < -0.4 is 9.20 Å². The SMILES string of the molecule is CCC.COc1cccc[c]1[Fe]. The average molecular weight is 207 g/mol. The summed E-state index contributed by atoms with van der Waals surface area (Å²) in [7, 11) is 1.64. The van der Waals surface area contributed by atoms with E-state index < -0.39 is 0 Å². The molecule has 1 rings (SSSR count). The summed E-state index contributed by atoms with van der Waals surface area (Å²) in [5.41, 5.74) is 0. The molecule has 0 heterocycles. The van der Waals surface area contributed by atoms with Crippen LogP contribution in [0, 0.1) is 0 Å². The summed E-state index contributed by atoms with van der Waals surface area (Å²) in [6, 6.07) is 7.67. The first kappa shape index (κ1) is 11.5. The Kier molecular flexibility index (Phi) is 6.93. The van der Waals surface area contributed by atoms with Crippen LogP contribution >= 0.6 is 0 Å². The van der Waals surface area contributed by atoms with Crippen LogP contribution in [0.15, 0.2) is 24.3 Å². The van der Waals surface area contributed by atoms with Crippen molar-refractivity contribution in [2.45, 2.75) is 20.3 Å². The molecule has 0 fully saturated rings. The Hall–Kier alpha value is -0.461.